The Bertz CT molecular complexity index is 557. The van der Waals surface area contributed by atoms with E-state index in [4.69, 9.17) is 18.0 Å². The zero-order chi connectivity index (χ0) is 11.5. The van der Waals surface area contributed by atoms with Crippen molar-refractivity contribution >= 4 is 44.9 Å². The van der Waals surface area contributed by atoms with E-state index in [1.165, 1.54) is 16.6 Å². The largest absolute Gasteiger partial charge is 0.211 e. The van der Waals surface area contributed by atoms with Gasteiger partial charge >= 0.3 is 0 Å². The minimum Gasteiger partial charge on any atom is -0.211 e. The molecule has 0 aliphatic carbocycles. The lowest BCUT2D eigenvalue weighted by Crippen LogP contribution is -1.87. The summed E-state index contributed by atoms with van der Waals surface area (Å²) in [5.41, 5.74) is 0. The molecule has 0 bridgehead atoms. The van der Waals surface area contributed by atoms with Crippen molar-refractivity contribution in [1.82, 2.24) is 9.97 Å². The molecule has 0 spiro atoms. The first-order valence-corrected chi connectivity index (χ1v) is 6.94. The van der Waals surface area contributed by atoms with Crippen molar-refractivity contribution in [3.63, 3.8) is 0 Å². The molecule has 0 radical (unpaired) electrons. The van der Waals surface area contributed by atoms with E-state index in [0.29, 0.717) is 16.1 Å². The van der Waals surface area contributed by atoms with Gasteiger partial charge < -0.3 is 0 Å². The van der Waals surface area contributed by atoms with Gasteiger partial charge in [-0.1, -0.05) is 36.2 Å². The Balaban J connectivity index is 2.45. The van der Waals surface area contributed by atoms with Gasteiger partial charge in [0.1, 0.15) is 9.98 Å². The van der Waals surface area contributed by atoms with Crippen LogP contribution >= 0.6 is 34.7 Å². The molecule has 0 atom stereocenters. The molecule has 0 N–H and O–H groups in total. The van der Waals surface area contributed by atoms with Gasteiger partial charge in [0, 0.05) is 10.3 Å². The quantitative estimate of drug-likeness (QED) is 0.368. The Morgan fingerprint density at radius 2 is 2.38 bits per heavy atom. The Morgan fingerprint density at radius 3 is 3.06 bits per heavy atom. The van der Waals surface area contributed by atoms with Gasteiger partial charge in [-0.25, -0.2) is 9.97 Å². The second-order valence-electron chi connectivity index (χ2n) is 3.07. The molecule has 2 rings (SSSR count). The van der Waals surface area contributed by atoms with Crippen LogP contribution < -0.4 is 0 Å². The van der Waals surface area contributed by atoms with E-state index in [1.54, 1.807) is 11.3 Å². The molecule has 0 saturated heterocycles. The second-order valence-corrected chi connectivity index (χ2v) is 5.49. The van der Waals surface area contributed by atoms with Crippen molar-refractivity contribution in [1.29, 1.82) is 0 Å². The molecule has 0 aliphatic heterocycles. The zero-order valence-corrected chi connectivity index (χ0v) is 11.0. The van der Waals surface area contributed by atoms with Gasteiger partial charge in [0.25, 0.3) is 0 Å². The number of nitrogens with zero attached hydrogens (tertiary/aromatic N) is 2. The highest BCUT2D eigenvalue weighted by atomic mass is 35.5. The van der Waals surface area contributed by atoms with Crippen molar-refractivity contribution < 1.29 is 0 Å². The summed E-state index contributed by atoms with van der Waals surface area (Å²) in [5.74, 6) is 3.11. The summed E-state index contributed by atoms with van der Waals surface area (Å²) in [6.07, 6.45) is 6.19. The maximum Gasteiger partial charge on any atom is 0.191 e. The SMILES string of the molecule is C#CCSc1nc(Cl)c2cc(CC)sc2n1. The maximum absolute atomic E-state index is 6.10. The van der Waals surface area contributed by atoms with Crippen LogP contribution in [0, 0.1) is 12.3 Å². The Morgan fingerprint density at radius 1 is 1.56 bits per heavy atom. The molecule has 16 heavy (non-hydrogen) atoms. The summed E-state index contributed by atoms with van der Waals surface area (Å²) >= 11 is 9.19. The lowest BCUT2D eigenvalue weighted by molar-refractivity contribution is 1.01. The lowest BCUT2D eigenvalue weighted by Gasteiger charge is -1.97. The van der Waals surface area contributed by atoms with E-state index in [1.807, 2.05) is 0 Å². The fourth-order valence-electron chi connectivity index (χ4n) is 1.26. The van der Waals surface area contributed by atoms with Gasteiger partial charge in [0.2, 0.25) is 0 Å². The highest BCUT2D eigenvalue weighted by Crippen LogP contribution is 2.30. The van der Waals surface area contributed by atoms with Crippen molar-refractivity contribution in [2.45, 2.75) is 18.5 Å². The summed E-state index contributed by atoms with van der Waals surface area (Å²) in [4.78, 5) is 10.9. The molecular formula is C11H9ClN2S2. The number of hydrogen-bond acceptors (Lipinski definition) is 4. The number of hydrogen-bond donors (Lipinski definition) is 0. The van der Waals surface area contributed by atoms with Crippen LogP contribution in [0.15, 0.2) is 11.2 Å². The topological polar surface area (TPSA) is 25.8 Å². The van der Waals surface area contributed by atoms with E-state index < -0.39 is 0 Å². The second kappa shape index (κ2) is 5.05. The fraction of sp³-hybridized carbons (Fsp3) is 0.273. The number of aromatic nitrogens is 2. The predicted molar refractivity (Wildman–Crippen MR) is 71.4 cm³/mol. The van der Waals surface area contributed by atoms with Crippen molar-refractivity contribution in [2.24, 2.45) is 0 Å². The normalized spacial score (nSPS) is 10.6. The number of aryl methyl sites for hydroxylation is 1. The first-order chi connectivity index (χ1) is 7.74. The average molecular weight is 269 g/mol. The molecule has 2 aromatic rings. The van der Waals surface area contributed by atoms with Gasteiger partial charge in [-0.05, 0) is 12.5 Å². The van der Waals surface area contributed by atoms with Crippen LogP contribution in [0.4, 0.5) is 0 Å². The molecule has 2 nitrogen and oxygen atoms in total. The highest BCUT2D eigenvalue weighted by Gasteiger charge is 2.09. The van der Waals surface area contributed by atoms with E-state index in [9.17, 15) is 0 Å². The Kier molecular flexibility index (Phi) is 3.70. The standard InChI is InChI=1S/C11H9ClN2S2/c1-3-5-15-11-13-9(12)8-6-7(4-2)16-10(8)14-11/h1,6H,4-5H2,2H3. The smallest absolute Gasteiger partial charge is 0.191 e. The monoisotopic (exact) mass is 268 g/mol. The van der Waals surface area contributed by atoms with Gasteiger partial charge in [-0.2, -0.15) is 0 Å². The summed E-state index contributed by atoms with van der Waals surface area (Å²) in [6, 6.07) is 2.05. The predicted octanol–water partition coefficient (Wildman–Crippen LogP) is 3.63. The number of thioether (sulfide) groups is 1. The first kappa shape index (κ1) is 11.7. The van der Waals surface area contributed by atoms with Crippen LogP contribution in [0.25, 0.3) is 10.2 Å². The van der Waals surface area contributed by atoms with Gasteiger partial charge in [0.05, 0.1) is 5.75 Å². The third-order valence-electron chi connectivity index (χ3n) is 2.01. The first-order valence-electron chi connectivity index (χ1n) is 4.76. The molecule has 0 fully saturated rings. The van der Waals surface area contributed by atoms with Gasteiger partial charge in [-0.3, -0.25) is 0 Å². The van der Waals surface area contributed by atoms with Crippen LogP contribution in [0.3, 0.4) is 0 Å². The van der Waals surface area contributed by atoms with Crippen molar-refractivity contribution in [3.05, 3.63) is 16.1 Å². The minimum absolute atomic E-state index is 0.514. The molecular weight excluding hydrogens is 260 g/mol. The zero-order valence-electron chi connectivity index (χ0n) is 8.66. The molecule has 82 valence electrons. The van der Waals surface area contributed by atoms with Crippen molar-refractivity contribution in [2.75, 3.05) is 5.75 Å². The van der Waals surface area contributed by atoms with Gasteiger partial charge in [0.15, 0.2) is 5.16 Å². The fourth-order valence-corrected chi connectivity index (χ4v) is 3.14. The molecule has 0 aliphatic rings. The summed E-state index contributed by atoms with van der Waals surface area (Å²) in [7, 11) is 0. The van der Waals surface area contributed by atoms with Crippen LogP contribution in [-0.2, 0) is 6.42 Å². The molecule has 2 aromatic heterocycles. The van der Waals surface area contributed by atoms with Gasteiger partial charge in [-0.15, -0.1) is 17.8 Å². The molecule has 0 saturated carbocycles. The highest BCUT2D eigenvalue weighted by molar-refractivity contribution is 7.99. The van der Waals surface area contributed by atoms with Crippen LogP contribution in [-0.4, -0.2) is 15.7 Å². The molecule has 0 unspecified atom stereocenters. The molecule has 0 amide bonds. The third-order valence-corrected chi connectivity index (χ3v) is 4.22. The number of fused-ring (bicyclic) bond motifs is 1. The summed E-state index contributed by atoms with van der Waals surface area (Å²) < 4.78 is 0. The third kappa shape index (κ3) is 2.32. The number of halogens is 1. The van der Waals surface area contributed by atoms with Crippen LogP contribution in [0.1, 0.15) is 11.8 Å². The number of rotatable bonds is 3. The number of thiophene rings is 1. The molecule has 0 aromatic carbocycles. The van der Waals surface area contributed by atoms with Crippen LogP contribution in [0.5, 0.6) is 0 Å². The van der Waals surface area contributed by atoms with E-state index in [0.717, 1.165) is 16.6 Å². The van der Waals surface area contributed by atoms with E-state index in [-0.39, 0.29) is 0 Å². The lowest BCUT2D eigenvalue weighted by atomic mass is 10.3. The van der Waals surface area contributed by atoms with Crippen LogP contribution in [0.2, 0.25) is 5.15 Å². The Hall–Kier alpha value is -0.760. The average Bonchev–Trinajstić information content (AvgIpc) is 2.70. The van der Waals surface area contributed by atoms with Crippen molar-refractivity contribution in [3.8, 4) is 12.3 Å². The summed E-state index contributed by atoms with van der Waals surface area (Å²) in [6.45, 7) is 2.11. The number of terminal acetylenes is 1. The maximum atomic E-state index is 6.10. The molecule has 2 heterocycles. The van der Waals surface area contributed by atoms with E-state index in [2.05, 4.69) is 28.9 Å². The summed E-state index contributed by atoms with van der Waals surface area (Å²) in [5, 5.41) is 2.11. The minimum atomic E-state index is 0.514. The molecule has 5 heteroatoms. The Labute approximate surface area is 107 Å². The van der Waals surface area contributed by atoms with E-state index >= 15 is 0 Å².